The number of rotatable bonds is 2. The van der Waals surface area contributed by atoms with Gasteiger partial charge < -0.3 is 9.80 Å². The molecule has 2 heterocycles. The van der Waals surface area contributed by atoms with Gasteiger partial charge in [-0.25, -0.2) is 4.98 Å². The van der Waals surface area contributed by atoms with Crippen LogP contribution in [0.4, 0.5) is 0 Å². The average Bonchev–Trinajstić information content (AvgIpc) is 2.84. The molecular weight excluding hydrogens is 234 g/mol. The van der Waals surface area contributed by atoms with E-state index in [1.807, 2.05) is 18.7 Å². The first-order chi connectivity index (χ1) is 7.99. The van der Waals surface area contributed by atoms with Crippen LogP contribution in [0.25, 0.3) is 0 Å². The van der Waals surface area contributed by atoms with Gasteiger partial charge in [-0.3, -0.25) is 4.79 Å². The fourth-order valence-corrected chi connectivity index (χ4v) is 3.03. The molecule has 5 heteroatoms. The fourth-order valence-electron chi connectivity index (χ4n) is 2.22. The molecule has 1 aromatic heterocycles. The van der Waals surface area contributed by atoms with Gasteiger partial charge in [0.25, 0.3) is 5.91 Å². The van der Waals surface area contributed by atoms with E-state index in [9.17, 15) is 4.79 Å². The van der Waals surface area contributed by atoms with Gasteiger partial charge in [0.15, 0.2) is 0 Å². The molecule has 94 valence electrons. The van der Waals surface area contributed by atoms with Gasteiger partial charge in [-0.15, -0.1) is 11.3 Å². The summed E-state index contributed by atoms with van der Waals surface area (Å²) in [5.41, 5.74) is 0.645. The quantitative estimate of drug-likeness (QED) is 0.802. The number of aromatic nitrogens is 1. The summed E-state index contributed by atoms with van der Waals surface area (Å²) in [4.78, 5) is 21.8. The van der Waals surface area contributed by atoms with Gasteiger partial charge in [-0.05, 0) is 34.4 Å². The Labute approximate surface area is 106 Å². The number of amides is 1. The molecule has 0 saturated carbocycles. The van der Waals surface area contributed by atoms with Crippen molar-refractivity contribution in [1.82, 2.24) is 14.8 Å². The standard InChI is InChI=1S/C12H19N3OS/c1-8-11(13-9(2)17-8)12(16)15-6-5-10(7-15)14(3)4/h10H,5-7H2,1-4H3. The van der Waals surface area contributed by atoms with Crippen molar-refractivity contribution in [2.45, 2.75) is 26.3 Å². The Morgan fingerprint density at radius 1 is 1.47 bits per heavy atom. The molecule has 2 rings (SSSR count). The highest BCUT2D eigenvalue weighted by molar-refractivity contribution is 7.11. The lowest BCUT2D eigenvalue weighted by Crippen LogP contribution is -2.34. The number of carbonyl (C=O) groups is 1. The summed E-state index contributed by atoms with van der Waals surface area (Å²) in [6.45, 7) is 5.58. The third kappa shape index (κ3) is 2.50. The Hall–Kier alpha value is -0.940. The molecule has 0 aromatic carbocycles. The number of carbonyl (C=O) groups excluding carboxylic acids is 1. The maximum Gasteiger partial charge on any atom is 0.273 e. The smallest absolute Gasteiger partial charge is 0.273 e. The SMILES string of the molecule is Cc1nc(C(=O)N2CCC(N(C)C)C2)c(C)s1. The Morgan fingerprint density at radius 3 is 2.65 bits per heavy atom. The maximum atomic E-state index is 12.3. The van der Waals surface area contributed by atoms with Crippen LogP contribution in [0, 0.1) is 13.8 Å². The largest absolute Gasteiger partial charge is 0.336 e. The minimum Gasteiger partial charge on any atom is -0.336 e. The molecule has 1 aliphatic rings. The Morgan fingerprint density at radius 2 is 2.18 bits per heavy atom. The monoisotopic (exact) mass is 253 g/mol. The van der Waals surface area contributed by atoms with Gasteiger partial charge in [0.1, 0.15) is 5.69 Å². The van der Waals surface area contributed by atoms with Crippen molar-refractivity contribution < 1.29 is 4.79 Å². The van der Waals surface area contributed by atoms with Crippen molar-refractivity contribution in [2.24, 2.45) is 0 Å². The second kappa shape index (κ2) is 4.74. The lowest BCUT2D eigenvalue weighted by atomic mass is 10.2. The van der Waals surface area contributed by atoms with Crippen molar-refractivity contribution in [3.8, 4) is 0 Å². The van der Waals surface area contributed by atoms with Crippen molar-refractivity contribution in [1.29, 1.82) is 0 Å². The van der Waals surface area contributed by atoms with Crippen LogP contribution in [0.15, 0.2) is 0 Å². The molecule has 1 fully saturated rings. The highest BCUT2D eigenvalue weighted by atomic mass is 32.1. The van der Waals surface area contributed by atoms with Crippen molar-refractivity contribution >= 4 is 17.2 Å². The number of likely N-dealkylation sites (tertiary alicyclic amines) is 1. The lowest BCUT2D eigenvalue weighted by Gasteiger charge is -2.20. The van der Waals surface area contributed by atoms with Gasteiger partial charge in [0.05, 0.1) is 5.01 Å². The number of hydrogen-bond donors (Lipinski definition) is 0. The number of nitrogens with zero attached hydrogens (tertiary/aromatic N) is 3. The van der Waals surface area contributed by atoms with Crippen LogP contribution >= 0.6 is 11.3 Å². The predicted octanol–water partition coefficient (Wildman–Crippen LogP) is 1.54. The van der Waals surface area contributed by atoms with Crippen LogP contribution in [0.1, 0.15) is 26.8 Å². The fraction of sp³-hybridized carbons (Fsp3) is 0.667. The highest BCUT2D eigenvalue weighted by Crippen LogP contribution is 2.21. The third-order valence-electron chi connectivity index (χ3n) is 3.29. The average molecular weight is 253 g/mol. The van der Waals surface area contributed by atoms with E-state index >= 15 is 0 Å². The molecule has 0 aliphatic carbocycles. The Balaban J connectivity index is 2.09. The molecular formula is C12H19N3OS. The van der Waals surface area contributed by atoms with Crippen LogP contribution in [0.2, 0.25) is 0 Å². The van der Waals surface area contributed by atoms with Gasteiger partial charge in [0, 0.05) is 24.0 Å². The minimum atomic E-state index is 0.0937. The van der Waals surface area contributed by atoms with E-state index in [2.05, 4.69) is 24.0 Å². The molecule has 0 radical (unpaired) electrons. The maximum absolute atomic E-state index is 12.3. The molecule has 1 aromatic rings. The molecule has 4 nitrogen and oxygen atoms in total. The number of likely N-dealkylation sites (N-methyl/N-ethyl adjacent to an activating group) is 1. The lowest BCUT2D eigenvalue weighted by molar-refractivity contribution is 0.0777. The molecule has 1 atom stereocenters. The van der Waals surface area contributed by atoms with Crippen molar-refractivity contribution in [2.75, 3.05) is 27.2 Å². The second-order valence-corrected chi connectivity index (χ2v) is 6.20. The van der Waals surface area contributed by atoms with E-state index in [1.165, 1.54) is 0 Å². The highest BCUT2D eigenvalue weighted by Gasteiger charge is 2.29. The summed E-state index contributed by atoms with van der Waals surface area (Å²) >= 11 is 1.59. The van der Waals surface area contributed by atoms with Crippen LogP contribution in [-0.2, 0) is 0 Å². The van der Waals surface area contributed by atoms with Gasteiger partial charge in [-0.1, -0.05) is 0 Å². The topological polar surface area (TPSA) is 36.4 Å². The summed E-state index contributed by atoms with van der Waals surface area (Å²) < 4.78 is 0. The summed E-state index contributed by atoms with van der Waals surface area (Å²) in [5.74, 6) is 0.0937. The van der Waals surface area contributed by atoms with Crippen molar-refractivity contribution in [3.63, 3.8) is 0 Å². The number of aryl methyl sites for hydroxylation is 2. The third-order valence-corrected chi connectivity index (χ3v) is 4.17. The van der Waals surface area contributed by atoms with E-state index in [0.29, 0.717) is 11.7 Å². The molecule has 1 saturated heterocycles. The first kappa shape index (κ1) is 12.5. The van der Waals surface area contributed by atoms with Crippen LogP contribution < -0.4 is 0 Å². The first-order valence-electron chi connectivity index (χ1n) is 5.88. The zero-order valence-corrected chi connectivity index (χ0v) is 11.7. The van der Waals surface area contributed by atoms with Crippen LogP contribution in [-0.4, -0.2) is 53.9 Å². The molecule has 0 N–H and O–H groups in total. The Kier molecular flexibility index (Phi) is 3.49. The van der Waals surface area contributed by atoms with E-state index in [-0.39, 0.29) is 5.91 Å². The van der Waals surface area contributed by atoms with Gasteiger partial charge in [-0.2, -0.15) is 0 Å². The van der Waals surface area contributed by atoms with Crippen LogP contribution in [0.3, 0.4) is 0 Å². The molecule has 0 bridgehead atoms. The first-order valence-corrected chi connectivity index (χ1v) is 6.70. The van der Waals surface area contributed by atoms with E-state index < -0.39 is 0 Å². The van der Waals surface area contributed by atoms with Gasteiger partial charge in [0.2, 0.25) is 0 Å². The van der Waals surface area contributed by atoms with Gasteiger partial charge >= 0.3 is 0 Å². The summed E-state index contributed by atoms with van der Waals surface area (Å²) in [6, 6.07) is 0.485. The number of hydrogen-bond acceptors (Lipinski definition) is 4. The Bertz CT molecular complexity index is 427. The van der Waals surface area contributed by atoms with E-state index in [1.54, 1.807) is 11.3 Å². The number of thiazole rings is 1. The van der Waals surface area contributed by atoms with E-state index in [0.717, 1.165) is 29.4 Å². The molecule has 0 spiro atoms. The van der Waals surface area contributed by atoms with Crippen LogP contribution in [0.5, 0.6) is 0 Å². The van der Waals surface area contributed by atoms with Crippen molar-refractivity contribution in [3.05, 3.63) is 15.6 Å². The normalized spacial score (nSPS) is 20.3. The summed E-state index contributed by atoms with van der Waals surface area (Å²) in [7, 11) is 4.13. The zero-order chi connectivity index (χ0) is 12.6. The molecule has 1 unspecified atom stereocenters. The predicted molar refractivity (Wildman–Crippen MR) is 69.6 cm³/mol. The molecule has 1 amide bonds. The summed E-state index contributed by atoms with van der Waals surface area (Å²) in [6.07, 6.45) is 1.06. The minimum absolute atomic E-state index is 0.0937. The van der Waals surface area contributed by atoms with E-state index in [4.69, 9.17) is 0 Å². The molecule has 1 aliphatic heterocycles. The second-order valence-electron chi connectivity index (χ2n) is 4.79. The molecule has 17 heavy (non-hydrogen) atoms. The zero-order valence-electron chi connectivity index (χ0n) is 10.9. The summed E-state index contributed by atoms with van der Waals surface area (Å²) in [5, 5.41) is 0.967.